The van der Waals surface area contributed by atoms with Gasteiger partial charge < -0.3 is 0 Å². The molecule has 3 heteroatoms. The Labute approximate surface area is 157 Å². The molecular weight excluding hydrogens is 336 g/mol. The highest BCUT2D eigenvalue weighted by molar-refractivity contribution is 6.31. The molecule has 0 amide bonds. The van der Waals surface area contributed by atoms with Gasteiger partial charge in [0.2, 0.25) is 0 Å². The number of fused-ring (bicyclic) bond motifs is 2. The first kappa shape index (κ1) is 16.9. The van der Waals surface area contributed by atoms with Crippen LogP contribution in [0.15, 0.2) is 72.8 Å². The normalized spacial score (nSPS) is 12.8. The lowest BCUT2D eigenvalue weighted by Gasteiger charge is -2.19. The third-order valence-electron chi connectivity index (χ3n) is 4.82. The van der Waals surface area contributed by atoms with Crippen molar-refractivity contribution in [1.29, 1.82) is 0 Å². The highest BCUT2D eigenvalue weighted by Crippen LogP contribution is 2.30. The molecule has 0 N–H and O–H groups in total. The number of allylic oxidation sites excluding steroid dienone is 1. The number of benzene rings is 3. The van der Waals surface area contributed by atoms with Crippen molar-refractivity contribution in [2.24, 2.45) is 0 Å². The first-order valence-corrected chi connectivity index (χ1v) is 8.67. The first-order chi connectivity index (χ1) is 13.1. The number of hydrogen-bond acceptors (Lipinski definition) is 3. The number of carbonyl (C=O) groups is 3. The number of rotatable bonds is 3. The van der Waals surface area contributed by atoms with Crippen LogP contribution in [0, 0.1) is 6.92 Å². The molecule has 0 fully saturated rings. The summed E-state index contributed by atoms with van der Waals surface area (Å²) in [6.07, 6.45) is 3.19. The molecule has 0 bridgehead atoms. The Morgan fingerprint density at radius 1 is 0.741 bits per heavy atom. The second-order valence-corrected chi connectivity index (χ2v) is 6.49. The van der Waals surface area contributed by atoms with Gasteiger partial charge >= 0.3 is 0 Å². The van der Waals surface area contributed by atoms with Crippen molar-refractivity contribution in [2.45, 2.75) is 6.92 Å². The maximum Gasteiger partial charge on any atom is 0.195 e. The molecular formula is C24H16O3. The third kappa shape index (κ3) is 2.83. The first-order valence-electron chi connectivity index (χ1n) is 8.67. The predicted molar refractivity (Wildman–Crippen MR) is 104 cm³/mol. The van der Waals surface area contributed by atoms with Crippen molar-refractivity contribution < 1.29 is 14.4 Å². The van der Waals surface area contributed by atoms with E-state index in [2.05, 4.69) is 0 Å². The Balaban J connectivity index is 1.78. The van der Waals surface area contributed by atoms with Crippen LogP contribution in [0.2, 0.25) is 0 Å². The molecule has 3 aromatic carbocycles. The van der Waals surface area contributed by atoms with E-state index in [4.69, 9.17) is 0 Å². The van der Waals surface area contributed by atoms with Crippen LogP contribution >= 0.6 is 0 Å². The summed E-state index contributed by atoms with van der Waals surface area (Å²) in [6.45, 7) is 1.97. The van der Waals surface area contributed by atoms with Gasteiger partial charge in [-0.15, -0.1) is 0 Å². The van der Waals surface area contributed by atoms with E-state index in [1.807, 2.05) is 31.2 Å². The van der Waals surface area contributed by atoms with Gasteiger partial charge in [0.25, 0.3) is 0 Å². The van der Waals surface area contributed by atoms with Gasteiger partial charge in [-0.05, 0) is 24.1 Å². The van der Waals surface area contributed by atoms with Crippen molar-refractivity contribution in [3.8, 4) is 0 Å². The standard InChI is InChI=1S/C24H16O3/c1-15-7-2-3-8-16(15)13-14-21(25)19-11-6-12-20-22(19)24(27)18-10-5-4-9-17(18)23(20)26/h2-14H,1H3/b14-13+. The van der Waals surface area contributed by atoms with Gasteiger partial charge in [-0.3, -0.25) is 14.4 Å². The lowest BCUT2D eigenvalue weighted by atomic mass is 9.81. The predicted octanol–water partition coefficient (Wildman–Crippen LogP) is 4.67. The van der Waals surface area contributed by atoms with E-state index in [9.17, 15) is 14.4 Å². The Kier molecular flexibility index (Phi) is 4.13. The number of ketones is 3. The van der Waals surface area contributed by atoms with Crippen LogP contribution in [0.5, 0.6) is 0 Å². The Morgan fingerprint density at radius 2 is 1.37 bits per heavy atom. The lowest BCUT2D eigenvalue weighted by molar-refractivity contribution is 0.0972. The monoisotopic (exact) mass is 352 g/mol. The number of aryl methyl sites for hydroxylation is 1. The maximum absolute atomic E-state index is 13.0. The minimum atomic E-state index is -0.296. The van der Waals surface area contributed by atoms with E-state index in [1.165, 1.54) is 6.08 Å². The molecule has 1 aliphatic carbocycles. The van der Waals surface area contributed by atoms with E-state index in [-0.39, 0.29) is 34.0 Å². The highest BCUT2D eigenvalue weighted by Gasteiger charge is 2.32. The molecule has 0 spiro atoms. The maximum atomic E-state index is 13.0. The zero-order valence-electron chi connectivity index (χ0n) is 14.7. The largest absolute Gasteiger partial charge is 0.289 e. The molecule has 0 saturated carbocycles. The van der Waals surface area contributed by atoms with Gasteiger partial charge in [0.15, 0.2) is 17.3 Å². The van der Waals surface area contributed by atoms with Gasteiger partial charge in [-0.2, -0.15) is 0 Å². The Hall–Kier alpha value is -3.59. The zero-order chi connectivity index (χ0) is 19.0. The molecule has 0 saturated heterocycles. The van der Waals surface area contributed by atoms with Crippen molar-refractivity contribution in [3.05, 3.63) is 112 Å². The van der Waals surface area contributed by atoms with Gasteiger partial charge in [-0.25, -0.2) is 0 Å². The fraction of sp³-hybridized carbons (Fsp3) is 0.0417. The van der Waals surface area contributed by atoms with Gasteiger partial charge in [0.1, 0.15) is 0 Å². The molecule has 0 aliphatic heterocycles. The number of hydrogen-bond donors (Lipinski definition) is 0. The zero-order valence-corrected chi connectivity index (χ0v) is 14.7. The minimum Gasteiger partial charge on any atom is -0.289 e. The van der Waals surface area contributed by atoms with Crippen LogP contribution in [0.25, 0.3) is 6.08 Å². The summed E-state index contributed by atoms with van der Waals surface area (Å²) in [5.41, 5.74) is 3.45. The van der Waals surface area contributed by atoms with Gasteiger partial charge in [0.05, 0.1) is 0 Å². The SMILES string of the molecule is Cc1ccccc1/C=C/C(=O)c1cccc2c1C(=O)c1ccccc1C2=O. The molecule has 3 nitrogen and oxygen atoms in total. The fourth-order valence-corrected chi connectivity index (χ4v) is 3.38. The van der Waals surface area contributed by atoms with Crippen LogP contribution in [0.1, 0.15) is 53.3 Å². The van der Waals surface area contributed by atoms with E-state index in [1.54, 1.807) is 48.5 Å². The average Bonchev–Trinajstić information content (AvgIpc) is 2.70. The Bertz CT molecular complexity index is 1140. The Morgan fingerprint density at radius 3 is 2.11 bits per heavy atom. The van der Waals surface area contributed by atoms with Gasteiger partial charge in [0, 0.05) is 27.8 Å². The molecule has 27 heavy (non-hydrogen) atoms. The quantitative estimate of drug-likeness (QED) is 0.398. The molecule has 0 unspecified atom stereocenters. The molecule has 0 radical (unpaired) electrons. The molecule has 0 aromatic heterocycles. The molecule has 0 heterocycles. The average molecular weight is 352 g/mol. The van der Waals surface area contributed by atoms with Crippen molar-refractivity contribution in [2.75, 3.05) is 0 Å². The summed E-state index contributed by atoms with van der Waals surface area (Å²) in [5.74, 6) is -0.804. The van der Waals surface area contributed by atoms with E-state index < -0.39 is 0 Å². The summed E-state index contributed by atoms with van der Waals surface area (Å²) in [6, 6.07) is 19.3. The summed E-state index contributed by atoms with van der Waals surface area (Å²) >= 11 is 0. The third-order valence-corrected chi connectivity index (χ3v) is 4.82. The minimum absolute atomic E-state index is 0.195. The number of carbonyl (C=O) groups excluding carboxylic acids is 3. The van der Waals surface area contributed by atoms with Crippen LogP contribution < -0.4 is 0 Å². The fourth-order valence-electron chi connectivity index (χ4n) is 3.38. The molecule has 130 valence electrons. The van der Waals surface area contributed by atoms with Crippen LogP contribution in [-0.2, 0) is 0 Å². The van der Waals surface area contributed by atoms with Crippen molar-refractivity contribution in [1.82, 2.24) is 0 Å². The summed E-state index contributed by atoms with van der Waals surface area (Å²) < 4.78 is 0. The van der Waals surface area contributed by atoms with Crippen LogP contribution in [0.4, 0.5) is 0 Å². The van der Waals surface area contributed by atoms with Crippen molar-refractivity contribution in [3.63, 3.8) is 0 Å². The van der Waals surface area contributed by atoms with E-state index in [0.29, 0.717) is 11.1 Å². The molecule has 0 atom stereocenters. The summed E-state index contributed by atoms with van der Waals surface area (Å²) in [4.78, 5) is 38.6. The molecule has 1 aliphatic rings. The molecule has 4 rings (SSSR count). The lowest BCUT2D eigenvalue weighted by Crippen LogP contribution is -2.23. The summed E-state index contributed by atoms with van der Waals surface area (Å²) in [5, 5.41) is 0. The molecule has 3 aromatic rings. The van der Waals surface area contributed by atoms with Gasteiger partial charge in [-0.1, -0.05) is 72.8 Å². The topological polar surface area (TPSA) is 51.2 Å². The van der Waals surface area contributed by atoms with Crippen LogP contribution in [-0.4, -0.2) is 17.3 Å². The summed E-state index contributed by atoms with van der Waals surface area (Å²) in [7, 11) is 0. The second kappa shape index (κ2) is 6.61. The second-order valence-electron chi connectivity index (χ2n) is 6.49. The smallest absolute Gasteiger partial charge is 0.195 e. The van der Waals surface area contributed by atoms with Crippen molar-refractivity contribution >= 4 is 23.4 Å². The van der Waals surface area contributed by atoms with E-state index >= 15 is 0 Å². The van der Waals surface area contributed by atoms with Crippen LogP contribution in [0.3, 0.4) is 0 Å². The van der Waals surface area contributed by atoms with E-state index in [0.717, 1.165) is 11.1 Å². The highest BCUT2D eigenvalue weighted by atomic mass is 16.1.